The first-order valence-corrected chi connectivity index (χ1v) is 6.05. The minimum Gasteiger partial charge on any atom is -0.481 e. The Labute approximate surface area is 109 Å². The van der Waals surface area contributed by atoms with E-state index in [1.54, 1.807) is 0 Å². The van der Waals surface area contributed by atoms with Crippen molar-refractivity contribution < 1.29 is 14.7 Å². The van der Waals surface area contributed by atoms with Crippen molar-refractivity contribution in [3.8, 4) is 0 Å². The predicted molar refractivity (Wildman–Crippen MR) is 65.7 cm³/mol. The molecule has 2 N–H and O–H groups in total. The van der Waals surface area contributed by atoms with Crippen molar-refractivity contribution in [3.05, 3.63) is 28.2 Å². The smallest absolute Gasteiger partial charge is 0.306 e. The Morgan fingerprint density at radius 1 is 1.42 bits per heavy atom. The Hall–Kier alpha value is -2.18. The zero-order valence-electron chi connectivity index (χ0n) is 10.5. The van der Waals surface area contributed by atoms with Gasteiger partial charge in [0.05, 0.1) is 5.92 Å². The van der Waals surface area contributed by atoms with Crippen molar-refractivity contribution in [2.24, 2.45) is 13.0 Å². The van der Waals surface area contributed by atoms with Crippen molar-refractivity contribution in [1.29, 1.82) is 0 Å². The highest BCUT2D eigenvalue weighted by atomic mass is 16.4. The molecule has 0 aliphatic heterocycles. The lowest BCUT2D eigenvalue weighted by molar-refractivity contribution is -0.141. The van der Waals surface area contributed by atoms with Crippen molar-refractivity contribution in [2.75, 3.05) is 0 Å². The van der Waals surface area contributed by atoms with Crippen molar-refractivity contribution in [2.45, 2.75) is 25.3 Å². The van der Waals surface area contributed by atoms with Gasteiger partial charge in [-0.25, -0.2) is 4.68 Å². The Bertz CT molecular complexity index is 566. The summed E-state index contributed by atoms with van der Waals surface area (Å²) in [5.74, 6) is -1.60. The summed E-state index contributed by atoms with van der Waals surface area (Å²) >= 11 is 0. The van der Waals surface area contributed by atoms with Gasteiger partial charge in [-0.1, -0.05) is 0 Å². The van der Waals surface area contributed by atoms with E-state index in [1.165, 1.54) is 19.2 Å². The van der Waals surface area contributed by atoms with Crippen LogP contribution < -0.4 is 10.9 Å². The van der Waals surface area contributed by atoms with E-state index in [0.29, 0.717) is 19.3 Å². The van der Waals surface area contributed by atoms with Gasteiger partial charge in [0.1, 0.15) is 5.69 Å². The first kappa shape index (κ1) is 13.3. The maximum Gasteiger partial charge on any atom is 0.306 e. The lowest BCUT2D eigenvalue weighted by atomic mass is 10.1. The molecule has 1 saturated carbocycles. The fourth-order valence-electron chi connectivity index (χ4n) is 2.22. The number of aliphatic carboxylic acids is 1. The Kier molecular flexibility index (Phi) is 3.64. The molecule has 19 heavy (non-hydrogen) atoms. The minimum absolute atomic E-state index is 0.146. The number of aryl methyl sites for hydroxylation is 1. The average molecular weight is 265 g/mol. The summed E-state index contributed by atoms with van der Waals surface area (Å²) < 4.78 is 1.09. The number of aromatic nitrogens is 2. The van der Waals surface area contributed by atoms with Gasteiger partial charge >= 0.3 is 5.97 Å². The maximum absolute atomic E-state index is 11.9. The highest BCUT2D eigenvalue weighted by Gasteiger charge is 2.30. The van der Waals surface area contributed by atoms with E-state index in [-0.39, 0.29) is 23.2 Å². The van der Waals surface area contributed by atoms with Gasteiger partial charge < -0.3 is 10.4 Å². The van der Waals surface area contributed by atoms with Crippen LogP contribution in [0.3, 0.4) is 0 Å². The lowest BCUT2D eigenvalue weighted by Gasteiger charge is -2.12. The van der Waals surface area contributed by atoms with Crippen LogP contribution in [0.25, 0.3) is 0 Å². The van der Waals surface area contributed by atoms with Gasteiger partial charge in [0.2, 0.25) is 0 Å². The van der Waals surface area contributed by atoms with Gasteiger partial charge in [0.25, 0.3) is 11.5 Å². The number of nitrogens with zero attached hydrogens (tertiary/aromatic N) is 2. The second-order valence-electron chi connectivity index (χ2n) is 4.70. The molecule has 1 aliphatic carbocycles. The van der Waals surface area contributed by atoms with Gasteiger partial charge in [-0.2, -0.15) is 5.10 Å². The molecule has 1 fully saturated rings. The van der Waals surface area contributed by atoms with Crippen LogP contribution in [0.15, 0.2) is 16.9 Å². The van der Waals surface area contributed by atoms with E-state index in [4.69, 9.17) is 5.11 Å². The van der Waals surface area contributed by atoms with E-state index in [1.807, 2.05) is 0 Å². The molecular weight excluding hydrogens is 250 g/mol. The molecule has 0 bridgehead atoms. The quantitative estimate of drug-likeness (QED) is 0.785. The lowest BCUT2D eigenvalue weighted by Crippen LogP contribution is -2.35. The molecule has 2 atom stereocenters. The maximum atomic E-state index is 11.9. The summed E-state index contributed by atoms with van der Waals surface area (Å²) in [4.78, 5) is 33.9. The number of carbonyl (C=O) groups is 2. The van der Waals surface area contributed by atoms with Crippen LogP contribution in [0, 0.1) is 5.92 Å². The highest BCUT2D eigenvalue weighted by molar-refractivity contribution is 5.92. The largest absolute Gasteiger partial charge is 0.481 e. The van der Waals surface area contributed by atoms with E-state index in [9.17, 15) is 14.4 Å². The van der Waals surface area contributed by atoms with Crippen molar-refractivity contribution in [3.63, 3.8) is 0 Å². The zero-order valence-corrected chi connectivity index (χ0v) is 10.5. The number of rotatable bonds is 3. The topological polar surface area (TPSA) is 101 Å². The molecule has 0 spiro atoms. The number of hydrogen-bond donors (Lipinski definition) is 2. The van der Waals surface area contributed by atoms with Crippen molar-refractivity contribution in [1.82, 2.24) is 15.1 Å². The van der Waals surface area contributed by atoms with E-state index in [0.717, 1.165) is 4.68 Å². The molecule has 102 valence electrons. The van der Waals surface area contributed by atoms with Gasteiger partial charge in [0, 0.05) is 19.2 Å². The Balaban J connectivity index is 2.00. The third-order valence-corrected chi connectivity index (χ3v) is 3.31. The second-order valence-corrected chi connectivity index (χ2v) is 4.70. The molecule has 7 nitrogen and oxygen atoms in total. The molecule has 0 unspecified atom stereocenters. The molecule has 0 aromatic carbocycles. The second kappa shape index (κ2) is 5.21. The Morgan fingerprint density at radius 2 is 2.16 bits per heavy atom. The van der Waals surface area contributed by atoms with Gasteiger partial charge in [-0.05, 0) is 25.3 Å². The molecule has 0 radical (unpaired) electrons. The van der Waals surface area contributed by atoms with Gasteiger partial charge in [-0.15, -0.1) is 0 Å². The molecule has 1 aromatic rings. The normalized spacial score (nSPS) is 22.2. The molecule has 1 heterocycles. The van der Waals surface area contributed by atoms with Crippen LogP contribution in [0.5, 0.6) is 0 Å². The first-order chi connectivity index (χ1) is 8.97. The molecular formula is C12H15N3O4. The zero-order chi connectivity index (χ0) is 14.0. The number of carboxylic acids is 1. The van der Waals surface area contributed by atoms with E-state index >= 15 is 0 Å². The summed E-state index contributed by atoms with van der Waals surface area (Å²) in [5.41, 5.74) is -0.135. The molecule has 1 aromatic heterocycles. The summed E-state index contributed by atoms with van der Waals surface area (Å²) in [6.07, 6.45) is 1.66. The summed E-state index contributed by atoms with van der Waals surface area (Å²) in [6, 6.07) is 2.49. The van der Waals surface area contributed by atoms with Crippen LogP contribution in [-0.4, -0.2) is 32.8 Å². The molecule has 1 amide bonds. The molecule has 1 aliphatic rings. The molecule has 7 heteroatoms. The van der Waals surface area contributed by atoms with Crippen LogP contribution in [0.4, 0.5) is 0 Å². The fraction of sp³-hybridized carbons (Fsp3) is 0.500. The van der Waals surface area contributed by atoms with Crippen LogP contribution >= 0.6 is 0 Å². The predicted octanol–water partition coefficient (Wildman–Crippen LogP) is -0.237. The van der Waals surface area contributed by atoms with Gasteiger partial charge in [-0.3, -0.25) is 14.4 Å². The average Bonchev–Trinajstić information content (AvgIpc) is 2.81. The number of hydrogen-bond acceptors (Lipinski definition) is 4. The number of carboxylic acid groups (broad SMARTS) is 1. The monoisotopic (exact) mass is 265 g/mol. The first-order valence-electron chi connectivity index (χ1n) is 6.05. The van der Waals surface area contributed by atoms with E-state index in [2.05, 4.69) is 10.4 Å². The fourth-order valence-corrected chi connectivity index (χ4v) is 2.22. The molecule has 2 rings (SSSR count). The van der Waals surface area contributed by atoms with Crippen LogP contribution in [0.1, 0.15) is 29.8 Å². The van der Waals surface area contributed by atoms with Crippen LogP contribution in [-0.2, 0) is 11.8 Å². The third kappa shape index (κ3) is 2.98. The van der Waals surface area contributed by atoms with E-state index < -0.39 is 11.9 Å². The molecule has 0 saturated heterocycles. The third-order valence-electron chi connectivity index (χ3n) is 3.31. The number of nitrogens with one attached hydrogen (secondary N) is 1. The summed E-state index contributed by atoms with van der Waals surface area (Å²) in [7, 11) is 1.47. The SMILES string of the molecule is Cn1nc(C(=O)N[C@H]2CC[C@@H](C(=O)O)C2)ccc1=O. The minimum atomic E-state index is -0.822. The summed E-state index contributed by atoms with van der Waals surface area (Å²) in [6.45, 7) is 0. The number of carbonyl (C=O) groups excluding carboxylic acids is 1. The standard InChI is InChI=1S/C12H15N3O4/c1-15-10(16)5-4-9(14-15)11(17)13-8-3-2-7(6-8)12(18)19/h4-5,7-8H,2-3,6H2,1H3,(H,13,17)(H,18,19)/t7-,8+/m1/s1. The van der Waals surface area contributed by atoms with Crippen LogP contribution in [0.2, 0.25) is 0 Å². The summed E-state index contributed by atoms with van der Waals surface area (Å²) in [5, 5.41) is 15.5. The highest BCUT2D eigenvalue weighted by Crippen LogP contribution is 2.25. The Morgan fingerprint density at radius 3 is 2.74 bits per heavy atom. The van der Waals surface area contributed by atoms with Crippen molar-refractivity contribution >= 4 is 11.9 Å². The number of amides is 1. The van der Waals surface area contributed by atoms with Gasteiger partial charge in [0.15, 0.2) is 0 Å².